The van der Waals surface area contributed by atoms with Gasteiger partial charge in [0.1, 0.15) is 29.6 Å². The molecule has 1 fully saturated rings. The van der Waals surface area contributed by atoms with Gasteiger partial charge in [0.15, 0.2) is 5.58 Å². The molecule has 0 spiro atoms. The molecule has 0 amide bonds. The maximum absolute atomic E-state index is 9.96. The molecule has 0 radical (unpaired) electrons. The standard InChI is InChI=1S/C21H23NO6/c1-11(2)13-5-8-15-17(9-13)28-20(22-15)12-3-6-14(7-4-12)27-21-19(25)18(24)16(23)10-26-21/h3-9,11,16,18-19,21,23-25H,10H2,1-2H3/t16-,18-,19+,21+/m0/s1. The van der Waals surface area contributed by atoms with Crippen molar-refractivity contribution in [1.29, 1.82) is 0 Å². The van der Waals surface area contributed by atoms with Gasteiger partial charge in [0.05, 0.1) is 6.61 Å². The normalized spacial score (nSPS) is 25.4. The largest absolute Gasteiger partial charge is 0.462 e. The van der Waals surface area contributed by atoms with Gasteiger partial charge >= 0.3 is 0 Å². The average Bonchev–Trinajstić information content (AvgIpc) is 3.12. The second-order valence-electron chi connectivity index (χ2n) is 7.29. The first-order valence-electron chi connectivity index (χ1n) is 9.26. The van der Waals surface area contributed by atoms with Crippen LogP contribution in [0.5, 0.6) is 5.75 Å². The Morgan fingerprint density at radius 2 is 1.79 bits per heavy atom. The molecule has 3 N–H and O–H groups in total. The van der Waals surface area contributed by atoms with E-state index in [-0.39, 0.29) is 6.61 Å². The Bertz CT molecular complexity index is 951. The summed E-state index contributed by atoms with van der Waals surface area (Å²) in [5.41, 5.74) is 3.52. The SMILES string of the molecule is CC(C)c1ccc2nc(-c3ccc(O[C@H]4OC[C@H](O)[C@H](O)[C@H]4O)cc3)oc2c1. The van der Waals surface area contributed by atoms with Crippen molar-refractivity contribution in [1.82, 2.24) is 4.98 Å². The zero-order valence-corrected chi connectivity index (χ0v) is 15.6. The molecule has 4 rings (SSSR count). The molecule has 0 saturated carbocycles. The van der Waals surface area contributed by atoms with Crippen molar-refractivity contribution < 1.29 is 29.2 Å². The minimum atomic E-state index is -1.34. The Morgan fingerprint density at radius 1 is 1.04 bits per heavy atom. The number of nitrogens with zero attached hydrogens (tertiary/aromatic N) is 1. The molecule has 1 aliphatic rings. The minimum Gasteiger partial charge on any atom is -0.462 e. The second-order valence-corrected chi connectivity index (χ2v) is 7.29. The van der Waals surface area contributed by atoms with Crippen LogP contribution in [0.15, 0.2) is 46.9 Å². The smallest absolute Gasteiger partial charge is 0.228 e. The van der Waals surface area contributed by atoms with E-state index in [1.807, 2.05) is 12.1 Å². The summed E-state index contributed by atoms with van der Waals surface area (Å²) in [6.45, 7) is 4.15. The first-order chi connectivity index (χ1) is 13.4. The maximum Gasteiger partial charge on any atom is 0.228 e. The van der Waals surface area contributed by atoms with E-state index in [1.54, 1.807) is 24.3 Å². The topological polar surface area (TPSA) is 105 Å². The van der Waals surface area contributed by atoms with Crippen molar-refractivity contribution >= 4 is 11.1 Å². The number of rotatable bonds is 4. The van der Waals surface area contributed by atoms with Gasteiger partial charge in [-0.05, 0) is 47.9 Å². The van der Waals surface area contributed by atoms with Crippen molar-refractivity contribution in [3.05, 3.63) is 48.0 Å². The van der Waals surface area contributed by atoms with Crippen LogP contribution >= 0.6 is 0 Å². The average molecular weight is 385 g/mol. The molecule has 2 heterocycles. The van der Waals surface area contributed by atoms with Crippen molar-refractivity contribution in [3.8, 4) is 17.2 Å². The number of ether oxygens (including phenoxy) is 2. The van der Waals surface area contributed by atoms with Crippen molar-refractivity contribution in [2.45, 2.75) is 44.4 Å². The van der Waals surface area contributed by atoms with E-state index in [9.17, 15) is 15.3 Å². The molecule has 0 unspecified atom stereocenters. The summed E-state index contributed by atoms with van der Waals surface area (Å²) in [5, 5.41) is 29.2. The van der Waals surface area contributed by atoms with E-state index in [1.165, 1.54) is 5.56 Å². The van der Waals surface area contributed by atoms with E-state index < -0.39 is 24.6 Å². The molecule has 1 aromatic heterocycles. The summed E-state index contributed by atoms with van der Waals surface area (Å²) in [4.78, 5) is 4.53. The summed E-state index contributed by atoms with van der Waals surface area (Å²) in [7, 11) is 0. The summed E-state index contributed by atoms with van der Waals surface area (Å²) in [6.07, 6.45) is -4.83. The van der Waals surface area contributed by atoms with E-state index in [0.29, 0.717) is 17.6 Å². The molecule has 1 saturated heterocycles. The van der Waals surface area contributed by atoms with Gasteiger partial charge in [-0.15, -0.1) is 0 Å². The van der Waals surface area contributed by atoms with Crippen LogP contribution in [0, 0.1) is 0 Å². The van der Waals surface area contributed by atoms with Crippen LogP contribution in [0.3, 0.4) is 0 Å². The number of aliphatic hydroxyl groups excluding tert-OH is 3. The fraction of sp³-hybridized carbons (Fsp3) is 0.381. The van der Waals surface area contributed by atoms with E-state index in [4.69, 9.17) is 13.9 Å². The Kier molecular flexibility index (Phi) is 5.07. The van der Waals surface area contributed by atoms with Crippen LogP contribution in [-0.2, 0) is 4.74 Å². The van der Waals surface area contributed by atoms with Gasteiger partial charge in [-0.3, -0.25) is 0 Å². The van der Waals surface area contributed by atoms with Crippen LogP contribution in [0.2, 0.25) is 0 Å². The highest BCUT2D eigenvalue weighted by atomic mass is 16.7. The number of fused-ring (bicyclic) bond motifs is 1. The molecule has 0 bridgehead atoms. The van der Waals surface area contributed by atoms with Gasteiger partial charge in [0.2, 0.25) is 12.2 Å². The van der Waals surface area contributed by atoms with Crippen LogP contribution in [-0.4, -0.2) is 51.5 Å². The van der Waals surface area contributed by atoms with Crippen molar-refractivity contribution in [3.63, 3.8) is 0 Å². The number of benzene rings is 2. The van der Waals surface area contributed by atoms with Crippen molar-refractivity contribution in [2.24, 2.45) is 0 Å². The molecule has 7 nitrogen and oxygen atoms in total. The predicted octanol–water partition coefficient (Wildman–Crippen LogP) is 2.44. The molecular formula is C21H23NO6. The lowest BCUT2D eigenvalue weighted by molar-refractivity contribution is -0.242. The molecule has 3 aromatic rings. The fourth-order valence-electron chi connectivity index (χ4n) is 3.12. The Balaban J connectivity index is 1.51. The van der Waals surface area contributed by atoms with Crippen LogP contribution in [0.25, 0.3) is 22.6 Å². The van der Waals surface area contributed by atoms with Gasteiger partial charge < -0.3 is 29.2 Å². The zero-order chi connectivity index (χ0) is 19.8. The van der Waals surface area contributed by atoms with Gasteiger partial charge in [-0.1, -0.05) is 19.9 Å². The first kappa shape index (κ1) is 18.9. The minimum absolute atomic E-state index is 0.109. The number of hydrogen-bond donors (Lipinski definition) is 3. The molecule has 0 aliphatic carbocycles. The third-order valence-corrected chi connectivity index (χ3v) is 4.89. The molecule has 28 heavy (non-hydrogen) atoms. The van der Waals surface area contributed by atoms with Gasteiger partial charge in [-0.2, -0.15) is 0 Å². The van der Waals surface area contributed by atoms with E-state index in [2.05, 4.69) is 24.9 Å². The van der Waals surface area contributed by atoms with Crippen LogP contribution < -0.4 is 4.74 Å². The third kappa shape index (κ3) is 3.62. The number of oxazole rings is 1. The quantitative estimate of drug-likeness (QED) is 0.633. The zero-order valence-electron chi connectivity index (χ0n) is 15.6. The fourth-order valence-corrected chi connectivity index (χ4v) is 3.12. The molecular weight excluding hydrogens is 362 g/mol. The summed E-state index contributed by atoms with van der Waals surface area (Å²) >= 11 is 0. The Labute approximate surface area is 162 Å². The third-order valence-electron chi connectivity index (χ3n) is 4.89. The highest BCUT2D eigenvalue weighted by Crippen LogP contribution is 2.29. The summed E-state index contributed by atoms with van der Waals surface area (Å²) in [5.74, 6) is 1.37. The lowest BCUT2D eigenvalue weighted by Crippen LogP contribution is -2.54. The molecule has 7 heteroatoms. The molecule has 1 aliphatic heterocycles. The lowest BCUT2D eigenvalue weighted by atomic mass is 10.0. The lowest BCUT2D eigenvalue weighted by Gasteiger charge is -2.34. The Hall–Kier alpha value is -2.45. The molecule has 2 aromatic carbocycles. The predicted molar refractivity (Wildman–Crippen MR) is 102 cm³/mol. The summed E-state index contributed by atoms with van der Waals surface area (Å²) in [6, 6.07) is 13.0. The van der Waals surface area contributed by atoms with Crippen molar-refractivity contribution in [2.75, 3.05) is 6.61 Å². The first-order valence-corrected chi connectivity index (χ1v) is 9.26. The van der Waals surface area contributed by atoms with Gasteiger partial charge in [0, 0.05) is 5.56 Å². The Morgan fingerprint density at radius 3 is 2.50 bits per heavy atom. The van der Waals surface area contributed by atoms with Crippen LogP contribution in [0.1, 0.15) is 25.3 Å². The highest BCUT2D eigenvalue weighted by molar-refractivity contribution is 5.77. The highest BCUT2D eigenvalue weighted by Gasteiger charge is 2.38. The van der Waals surface area contributed by atoms with Crippen LogP contribution in [0.4, 0.5) is 0 Å². The van der Waals surface area contributed by atoms with Gasteiger partial charge in [0.25, 0.3) is 0 Å². The maximum atomic E-state index is 9.96. The van der Waals surface area contributed by atoms with E-state index >= 15 is 0 Å². The molecule has 4 atom stereocenters. The van der Waals surface area contributed by atoms with Gasteiger partial charge in [-0.25, -0.2) is 4.98 Å². The number of aliphatic hydroxyl groups is 3. The molecule has 148 valence electrons. The number of hydrogen-bond acceptors (Lipinski definition) is 7. The second kappa shape index (κ2) is 7.52. The van der Waals surface area contributed by atoms with E-state index in [0.717, 1.165) is 16.7 Å². The summed E-state index contributed by atoms with van der Waals surface area (Å²) < 4.78 is 16.7. The number of aromatic nitrogens is 1. The monoisotopic (exact) mass is 385 g/mol.